The molecule has 0 bridgehead atoms. The molecule has 0 radical (unpaired) electrons. The van der Waals surface area contributed by atoms with Crippen LogP contribution in [0.4, 0.5) is 5.69 Å². The van der Waals surface area contributed by atoms with Gasteiger partial charge in [0, 0.05) is 17.7 Å². The summed E-state index contributed by atoms with van der Waals surface area (Å²) in [6.07, 6.45) is 0. The normalized spacial score (nSPS) is 10.6. The van der Waals surface area contributed by atoms with E-state index in [0.717, 1.165) is 21.4 Å². The van der Waals surface area contributed by atoms with Gasteiger partial charge in [0.25, 0.3) is 5.56 Å². The molecule has 7 heteroatoms. The maximum absolute atomic E-state index is 12.6. The molecule has 0 aliphatic rings. The molecule has 1 heterocycles. The van der Waals surface area contributed by atoms with Crippen LogP contribution >= 0.6 is 0 Å². The fraction of sp³-hybridized carbons (Fsp3) is 0.261. The molecule has 0 aliphatic carbocycles. The molecule has 0 spiro atoms. The average Bonchev–Trinajstić information content (AvgIpc) is 2.72. The lowest BCUT2D eigenvalue weighted by atomic mass is 9.99. The lowest BCUT2D eigenvalue weighted by Crippen LogP contribution is -2.29. The van der Waals surface area contributed by atoms with Crippen molar-refractivity contribution in [3.8, 4) is 22.8 Å². The van der Waals surface area contributed by atoms with E-state index in [1.807, 2.05) is 19.9 Å². The van der Waals surface area contributed by atoms with Crippen LogP contribution in [0.15, 0.2) is 47.3 Å². The molecule has 0 unspecified atom stereocenters. The topological polar surface area (TPSA) is 82.5 Å². The first-order valence-corrected chi connectivity index (χ1v) is 9.50. The predicted octanol–water partition coefficient (Wildman–Crippen LogP) is 3.49. The molecule has 0 aliphatic heterocycles. The highest BCUT2D eigenvalue weighted by Gasteiger charge is 2.13. The van der Waals surface area contributed by atoms with E-state index in [4.69, 9.17) is 9.47 Å². The SMILES string of the molecule is COc1ccc(NC(=O)Cn2nc(-c3cc(C)c(C)cc3C)ccc2=O)c(OC)c1. The maximum atomic E-state index is 12.6. The Balaban J connectivity index is 1.85. The zero-order valence-electron chi connectivity index (χ0n) is 17.8. The summed E-state index contributed by atoms with van der Waals surface area (Å²) in [5.74, 6) is 0.684. The van der Waals surface area contributed by atoms with Crippen LogP contribution < -0.4 is 20.3 Å². The summed E-state index contributed by atoms with van der Waals surface area (Å²) >= 11 is 0. The summed E-state index contributed by atoms with van der Waals surface area (Å²) in [6, 6.07) is 12.3. The summed E-state index contributed by atoms with van der Waals surface area (Å²) in [7, 11) is 3.06. The van der Waals surface area contributed by atoms with Crippen LogP contribution in [0.5, 0.6) is 11.5 Å². The Kier molecular flexibility index (Phi) is 6.20. The largest absolute Gasteiger partial charge is 0.497 e. The van der Waals surface area contributed by atoms with Crippen molar-refractivity contribution in [2.75, 3.05) is 19.5 Å². The molecule has 0 saturated heterocycles. The molecular formula is C23H25N3O4. The van der Waals surface area contributed by atoms with Crippen LogP contribution in [-0.2, 0) is 11.3 Å². The maximum Gasteiger partial charge on any atom is 0.267 e. The Labute approximate surface area is 175 Å². The van der Waals surface area contributed by atoms with Crippen molar-refractivity contribution in [1.82, 2.24) is 9.78 Å². The smallest absolute Gasteiger partial charge is 0.267 e. The van der Waals surface area contributed by atoms with Gasteiger partial charge in [0.05, 0.1) is 25.6 Å². The minimum atomic E-state index is -0.387. The standard InChI is InChI=1S/C23H25N3O4/c1-14-10-16(3)18(11-15(14)2)19-8-9-23(28)26(25-19)13-22(27)24-20-7-6-17(29-4)12-21(20)30-5/h6-12H,13H2,1-5H3,(H,24,27). The second kappa shape index (κ2) is 8.82. The third-order valence-corrected chi connectivity index (χ3v) is 4.96. The molecular weight excluding hydrogens is 382 g/mol. The third-order valence-electron chi connectivity index (χ3n) is 4.96. The number of amides is 1. The van der Waals surface area contributed by atoms with Crippen LogP contribution in [0, 0.1) is 20.8 Å². The number of rotatable bonds is 6. The van der Waals surface area contributed by atoms with Gasteiger partial charge in [-0.1, -0.05) is 6.07 Å². The van der Waals surface area contributed by atoms with Gasteiger partial charge < -0.3 is 14.8 Å². The fourth-order valence-electron chi connectivity index (χ4n) is 3.17. The van der Waals surface area contributed by atoms with Crippen molar-refractivity contribution in [3.63, 3.8) is 0 Å². The number of carbonyl (C=O) groups excluding carboxylic acids is 1. The first kappa shape index (κ1) is 21.1. The van der Waals surface area contributed by atoms with Gasteiger partial charge >= 0.3 is 0 Å². The highest BCUT2D eigenvalue weighted by molar-refractivity contribution is 5.92. The summed E-state index contributed by atoms with van der Waals surface area (Å²) in [6.45, 7) is 5.87. The van der Waals surface area contributed by atoms with Crippen molar-refractivity contribution in [3.05, 3.63) is 69.5 Å². The second-order valence-corrected chi connectivity index (χ2v) is 7.08. The zero-order chi connectivity index (χ0) is 21.8. The first-order valence-electron chi connectivity index (χ1n) is 9.50. The van der Waals surface area contributed by atoms with E-state index in [1.54, 1.807) is 31.4 Å². The van der Waals surface area contributed by atoms with Crippen LogP contribution in [-0.4, -0.2) is 29.9 Å². The molecule has 3 aromatic rings. The molecule has 0 saturated carbocycles. The number of benzene rings is 2. The van der Waals surface area contributed by atoms with Crippen molar-refractivity contribution in [1.29, 1.82) is 0 Å². The zero-order valence-corrected chi connectivity index (χ0v) is 17.8. The molecule has 2 aromatic carbocycles. The van der Waals surface area contributed by atoms with Gasteiger partial charge in [-0.15, -0.1) is 0 Å². The van der Waals surface area contributed by atoms with Crippen molar-refractivity contribution < 1.29 is 14.3 Å². The van der Waals surface area contributed by atoms with Crippen LogP contribution in [0.1, 0.15) is 16.7 Å². The third kappa shape index (κ3) is 4.51. The summed E-state index contributed by atoms with van der Waals surface area (Å²) in [4.78, 5) is 24.9. The number of aromatic nitrogens is 2. The molecule has 0 atom stereocenters. The Morgan fingerprint density at radius 3 is 2.40 bits per heavy atom. The van der Waals surface area contributed by atoms with E-state index in [1.165, 1.54) is 18.7 Å². The molecule has 0 fully saturated rings. The molecule has 3 rings (SSSR count). The number of carbonyl (C=O) groups is 1. The van der Waals surface area contributed by atoms with Crippen LogP contribution in [0.25, 0.3) is 11.3 Å². The number of hydrogen-bond donors (Lipinski definition) is 1. The number of anilines is 1. The van der Waals surface area contributed by atoms with E-state index in [2.05, 4.69) is 23.4 Å². The van der Waals surface area contributed by atoms with Gasteiger partial charge in [0.15, 0.2) is 0 Å². The number of nitrogens with zero attached hydrogens (tertiary/aromatic N) is 2. The van der Waals surface area contributed by atoms with Crippen molar-refractivity contribution in [2.45, 2.75) is 27.3 Å². The van der Waals surface area contributed by atoms with E-state index in [-0.39, 0.29) is 18.0 Å². The fourth-order valence-corrected chi connectivity index (χ4v) is 3.17. The molecule has 156 valence electrons. The number of methoxy groups -OCH3 is 2. The van der Waals surface area contributed by atoms with Crippen LogP contribution in [0.3, 0.4) is 0 Å². The Hall–Kier alpha value is -3.61. The summed E-state index contributed by atoms with van der Waals surface area (Å²) < 4.78 is 11.6. The average molecular weight is 407 g/mol. The number of nitrogens with one attached hydrogen (secondary N) is 1. The predicted molar refractivity (Wildman–Crippen MR) is 116 cm³/mol. The first-order chi connectivity index (χ1) is 14.3. The van der Waals surface area contributed by atoms with Gasteiger partial charge in [-0.05, 0) is 61.7 Å². The van der Waals surface area contributed by atoms with Gasteiger partial charge in [0.1, 0.15) is 18.0 Å². The Morgan fingerprint density at radius 1 is 0.967 bits per heavy atom. The van der Waals surface area contributed by atoms with Crippen molar-refractivity contribution >= 4 is 11.6 Å². The van der Waals surface area contributed by atoms with Gasteiger partial charge in [-0.25, -0.2) is 4.68 Å². The number of hydrogen-bond acceptors (Lipinski definition) is 5. The number of ether oxygens (including phenoxy) is 2. The lowest BCUT2D eigenvalue weighted by molar-refractivity contribution is -0.117. The van der Waals surface area contributed by atoms with Gasteiger partial charge in [0.2, 0.25) is 5.91 Å². The molecule has 1 amide bonds. The van der Waals surface area contributed by atoms with E-state index in [9.17, 15) is 9.59 Å². The monoisotopic (exact) mass is 407 g/mol. The Morgan fingerprint density at radius 2 is 1.70 bits per heavy atom. The molecule has 1 aromatic heterocycles. The molecule has 1 N–H and O–H groups in total. The lowest BCUT2D eigenvalue weighted by Gasteiger charge is -2.13. The Bertz CT molecular complexity index is 1150. The molecule has 30 heavy (non-hydrogen) atoms. The molecule has 7 nitrogen and oxygen atoms in total. The van der Waals surface area contributed by atoms with Crippen LogP contribution in [0.2, 0.25) is 0 Å². The van der Waals surface area contributed by atoms with Gasteiger partial charge in [-0.3, -0.25) is 9.59 Å². The minimum Gasteiger partial charge on any atom is -0.497 e. The second-order valence-electron chi connectivity index (χ2n) is 7.08. The quantitative estimate of drug-likeness (QED) is 0.676. The minimum absolute atomic E-state index is 0.217. The van der Waals surface area contributed by atoms with E-state index >= 15 is 0 Å². The van der Waals surface area contributed by atoms with E-state index < -0.39 is 0 Å². The van der Waals surface area contributed by atoms with E-state index in [0.29, 0.717) is 22.9 Å². The summed E-state index contributed by atoms with van der Waals surface area (Å²) in [5, 5.41) is 7.17. The highest BCUT2D eigenvalue weighted by atomic mass is 16.5. The van der Waals surface area contributed by atoms with Crippen molar-refractivity contribution in [2.24, 2.45) is 0 Å². The van der Waals surface area contributed by atoms with Gasteiger partial charge in [-0.2, -0.15) is 5.10 Å². The number of aryl methyl sites for hydroxylation is 3. The summed E-state index contributed by atoms with van der Waals surface area (Å²) in [5.41, 5.74) is 5.10. The highest BCUT2D eigenvalue weighted by Crippen LogP contribution is 2.29.